The molecule has 1 aromatic rings. The molecular formula is C15H31N7. The van der Waals surface area contributed by atoms with Crippen molar-refractivity contribution in [2.45, 2.75) is 53.4 Å². The largest absolute Gasteiger partial charge is 0.341 e. The molecule has 1 rings (SSSR count). The minimum atomic E-state index is 0.425. The van der Waals surface area contributed by atoms with Gasteiger partial charge in [0.25, 0.3) is 0 Å². The minimum Gasteiger partial charge on any atom is -0.341 e. The molecule has 7 heteroatoms. The van der Waals surface area contributed by atoms with Crippen molar-refractivity contribution in [3.05, 3.63) is 0 Å². The molecule has 0 radical (unpaired) electrons. The Morgan fingerprint density at radius 2 is 1.09 bits per heavy atom. The standard InChI is InChI=1S/C15H31N7/c1-5-9-21(10-6-2)14-17-13(20-16)18-15(19-14)22(11-7-3)12-8-4/h5-12,16H2,1-4H3,(H,17,18,19,20). The average molecular weight is 309 g/mol. The monoisotopic (exact) mass is 309 g/mol. The maximum Gasteiger partial charge on any atom is 0.243 e. The van der Waals surface area contributed by atoms with Gasteiger partial charge in [-0.25, -0.2) is 5.84 Å². The van der Waals surface area contributed by atoms with Crippen molar-refractivity contribution in [2.24, 2.45) is 5.84 Å². The van der Waals surface area contributed by atoms with Crippen LogP contribution in [0.5, 0.6) is 0 Å². The summed E-state index contributed by atoms with van der Waals surface area (Å²) >= 11 is 0. The van der Waals surface area contributed by atoms with E-state index >= 15 is 0 Å². The van der Waals surface area contributed by atoms with Crippen molar-refractivity contribution in [2.75, 3.05) is 41.4 Å². The predicted octanol–water partition coefficient (Wildman–Crippen LogP) is 2.41. The third kappa shape index (κ3) is 5.29. The van der Waals surface area contributed by atoms with E-state index in [1.54, 1.807) is 0 Å². The molecule has 0 aliphatic carbocycles. The lowest BCUT2D eigenvalue weighted by atomic mass is 10.3. The summed E-state index contributed by atoms with van der Waals surface area (Å²) in [4.78, 5) is 17.9. The molecule has 0 aliphatic rings. The summed E-state index contributed by atoms with van der Waals surface area (Å²) in [7, 11) is 0. The smallest absolute Gasteiger partial charge is 0.243 e. The number of rotatable bonds is 11. The highest BCUT2D eigenvalue weighted by molar-refractivity contribution is 5.44. The van der Waals surface area contributed by atoms with Crippen molar-refractivity contribution in [3.63, 3.8) is 0 Å². The fourth-order valence-electron chi connectivity index (χ4n) is 2.40. The van der Waals surface area contributed by atoms with Crippen molar-refractivity contribution >= 4 is 17.8 Å². The zero-order valence-corrected chi connectivity index (χ0v) is 14.5. The Morgan fingerprint density at radius 3 is 1.36 bits per heavy atom. The first-order valence-electron chi connectivity index (χ1n) is 8.42. The molecule has 0 spiro atoms. The number of hydrazine groups is 1. The van der Waals surface area contributed by atoms with E-state index in [-0.39, 0.29) is 0 Å². The first-order valence-corrected chi connectivity index (χ1v) is 8.42. The van der Waals surface area contributed by atoms with Crippen LogP contribution in [-0.2, 0) is 0 Å². The number of nitrogens with zero attached hydrogens (tertiary/aromatic N) is 5. The van der Waals surface area contributed by atoms with E-state index in [1.807, 2.05) is 0 Å². The molecule has 1 aromatic heterocycles. The van der Waals surface area contributed by atoms with E-state index in [0.29, 0.717) is 17.8 Å². The molecule has 0 unspecified atom stereocenters. The summed E-state index contributed by atoms with van der Waals surface area (Å²) in [6, 6.07) is 0. The average Bonchev–Trinajstić information content (AvgIpc) is 2.54. The van der Waals surface area contributed by atoms with Crippen LogP contribution < -0.4 is 21.1 Å². The summed E-state index contributed by atoms with van der Waals surface area (Å²) in [5.74, 6) is 7.38. The van der Waals surface area contributed by atoms with Gasteiger partial charge in [-0.3, -0.25) is 5.43 Å². The second-order valence-corrected chi connectivity index (χ2v) is 5.38. The second-order valence-electron chi connectivity index (χ2n) is 5.38. The van der Waals surface area contributed by atoms with Gasteiger partial charge in [0.05, 0.1) is 0 Å². The number of nitrogens with one attached hydrogen (secondary N) is 1. The molecule has 7 nitrogen and oxygen atoms in total. The molecule has 0 atom stereocenters. The maximum absolute atomic E-state index is 5.54. The third-order valence-corrected chi connectivity index (χ3v) is 3.28. The Hall–Kier alpha value is -1.63. The van der Waals surface area contributed by atoms with Gasteiger partial charge < -0.3 is 9.80 Å². The molecule has 0 bridgehead atoms. The van der Waals surface area contributed by atoms with Crippen molar-refractivity contribution in [1.82, 2.24) is 15.0 Å². The number of aromatic nitrogens is 3. The molecule has 0 aliphatic heterocycles. The zero-order chi connectivity index (χ0) is 16.4. The molecular weight excluding hydrogens is 278 g/mol. The molecule has 126 valence electrons. The van der Waals surface area contributed by atoms with Crippen LogP contribution in [0.1, 0.15) is 53.4 Å². The molecule has 0 saturated carbocycles. The Kier molecular flexibility index (Phi) is 8.50. The Bertz CT molecular complexity index is 378. The quantitative estimate of drug-likeness (QED) is 0.479. The van der Waals surface area contributed by atoms with Crippen LogP contribution >= 0.6 is 0 Å². The summed E-state index contributed by atoms with van der Waals surface area (Å²) in [5, 5.41) is 0. The fourth-order valence-corrected chi connectivity index (χ4v) is 2.40. The van der Waals surface area contributed by atoms with Crippen LogP contribution in [0.15, 0.2) is 0 Å². The second kappa shape index (κ2) is 10.2. The lowest BCUT2D eigenvalue weighted by Gasteiger charge is -2.25. The Morgan fingerprint density at radius 1 is 0.727 bits per heavy atom. The van der Waals surface area contributed by atoms with E-state index in [0.717, 1.165) is 51.9 Å². The first-order chi connectivity index (χ1) is 10.7. The molecule has 0 amide bonds. The van der Waals surface area contributed by atoms with E-state index in [9.17, 15) is 0 Å². The highest BCUT2D eigenvalue weighted by atomic mass is 15.4. The summed E-state index contributed by atoms with van der Waals surface area (Å²) in [6.45, 7) is 12.4. The van der Waals surface area contributed by atoms with Gasteiger partial charge >= 0.3 is 0 Å². The molecule has 1 heterocycles. The number of nitrogen functional groups attached to an aromatic ring is 1. The highest BCUT2D eigenvalue weighted by Gasteiger charge is 2.15. The van der Waals surface area contributed by atoms with Crippen LogP contribution in [0.2, 0.25) is 0 Å². The van der Waals surface area contributed by atoms with Gasteiger partial charge in [-0.2, -0.15) is 15.0 Å². The fraction of sp³-hybridized carbons (Fsp3) is 0.800. The van der Waals surface area contributed by atoms with Crippen LogP contribution in [0, 0.1) is 0 Å². The molecule has 3 N–H and O–H groups in total. The minimum absolute atomic E-state index is 0.425. The molecule has 0 saturated heterocycles. The van der Waals surface area contributed by atoms with E-state index in [2.05, 4.69) is 52.9 Å². The van der Waals surface area contributed by atoms with Gasteiger partial charge in [0.15, 0.2) is 0 Å². The van der Waals surface area contributed by atoms with Crippen LogP contribution in [0.3, 0.4) is 0 Å². The van der Waals surface area contributed by atoms with Gasteiger partial charge in [-0.15, -0.1) is 0 Å². The summed E-state index contributed by atoms with van der Waals surface area (Å²) in [5.41, 5.74) is 2.57. The highest BCUT2D eigenvalue weighted by Crippen LogP contribution is 2.17. The van der Waals surface area contributed by atoms with Gasteiger partial charge in [0.1, 0.15) is 0 Å². The zero-order valence-electron chi connectivity index (χ0n) is 14.5. The molecule has 0 fully saturated rings. The Labute approximate surface area is 134 Å². The van der Waals surface area contributed by atoms with Crippen LogP contribution in [0.4, 0.5) is 17.8 Å². The molecule has 0 aromatic carbocycles. The normalized spacial score (nSPS) is 10.6. The van der Waals surface area contributed by atoms with Crippen molar-refractivity contribution in [1.29, 1.82) is 0 Å². The van der Waals surface area contributed by atoms with E-state index in [1.165, 1.54) is 0 Å². The summed E-state index contributed by atoms with van der Waals surface area (Å²) < 4.78 is 0. The molecule has 22 heavy (non-hydrogen) atoms. The van der Waals surface area contributed by atoms with Gasteiger partial charge in [-0.1, -0.05) is 27.7 Å². The number of anilines is 3. The van der Waals surface area contributed by atoms with Gasteiger partial charge in [0.2, 0.25) is 17.8 Å². The maximum atomic E-state index is 5.54. The lowest BCUT2D eigenvalue weighted by Crippen LogP contribution is -2.31. The van der Waals surface area contributed by atoms with Crippen LogP contribution in [-0.4, -0.2) is 41.1 Å². The van der Waals surface area contributed by atoms with E-state index < -0.39 is 0 Å². The first kappa shape index (κ1) is 18.4. The summed E-state index contributed by atoms with van der Waals surface area (Å²) in [6.07, 6.45) is 4.22. The van der Waals surface area contributed by atoms with Gasteiger partial charge in [0, 0.05) is 26.2 Å². The van der Waals surface area contributed by atoms with Crippen molar-refractivity contribution < 1.29 is 0 Å². The predicted molar refractivity (Wildman–Crippen MR) is 93.2 cm³/mol. The number of nitrogens with two attached hydrogens (primary N) is 1. The topological polar surface area (TPSA) is 83.2 Å². The Balaban J connectivity index is 3.14. The SMILES string of the molecule is CCCN(CCC)c1nc(NN)nc(N(CCC)CCC)n1. The van der Waals surface area contributed by atoms with E-state index in [4.69, 9.17) is 10.8 Å². The van der Waals surface area contributed by atoms with Gasteiger partial charge in [-0.05, 0) is 25.7 Å². The lowest BCUT2D eigenvalue weighted by molar-refractivity contribution is 0.695. The number of hydrogen-bond donors (Lipinski definition) is 2. The third-order valence-electron chi connectivity index (χ3n) is 3.28. The van der Waals surface area contributed by atoms with Crippen molar-refractivity contribution in [3.8, 4) is 0 Å². The van der Waals surface area contributed by atoms with Crippen LogP contribution in [0.25, 0.3) is 0 Å². The number of hydrogen-bond acceptors (Lipinski definition) is 7.